The monoisotopic (exact) mass is 308 g/mol. The van der Waals surface area contributed by atoms with Crippen molar-refractivity contribution in [3.8, 4) is 23.4 Å². The molecule has 116 valence electrons. The maximum Gasteiger partial charge on any atom is 0.316 e. The minimum absolute atomic E-state index is 0.143. The second kappa shape index (κ2) is 6.09. The first-order chi connectivity index (χ1) is 11.2. The molecule has 3 rings (SSSR count). The van der Waals surface area contributed by atoms with Gasteiger partial charge in [0, 0.05) is 11.6 Å². The maximum atomic E-state index is 12.1. The fourth-order valence-corrected chi connectivity index (χ4v) is 2.64. The molecule has 0 atom stereocenters. The molecule has 2 aromatic rings. The number of carbonyl (C=O) groups is 1. The highest BCUT2D eigenvalue weighted by atomic mass is 16.5. The number of rotatable bonds is 5. The fourth-order valence-electron chi connectivity index (χ4n) is 2.64. The molecule has 0 spiro atoms. The number of pyridine rings is 1. The number of nitrogens with zero attached hydrogens (tertiary/aromatic N) is 2. The highest BCUT2D eigenvalue weighted by molar-refractivity contribution is 5.86. The van der Waals surface area contributed by atoms with Crippen LogP contribution < -0.4 is 4.74 Å². The fraction of sp³-hybridized carbons (Fsp3) is 0.278. The number of nitriles is 1. The van der Waals surface area contributed by atoms with Gasteiger partial charge in [-0.3, -0.25) is 4.79 Å². The van der Waals surface area contributed by atoms with Gasteiger partial charge < -0.3 is 9.47 Å². The van der Waals surface area contributed by atoms with Gasteiger partial charge in [0.2, 0.25) is 5.88 Å². The van der Waals surface area contributed by atoms with Crippen molar-refractivity contribution < 1.29 is 14.3 Å². The van der Waals surface area contributed by atoms with Gasteiger partial charge in [-0.2, -0.15) is 0 Å². The summed E-state index contributed by atoms with van der Waals surface area (Å²) < 4.78 is 9.93. The van der Waals surface area contributed by atoms with Crippen molar-refractivity contribution in [1.29, 1.82) is 5.26 Å². The topological polar surface area (TPSA) is 72.2 Å². The van der Waals surface area contributed by atoms with Crippen molar-refractivity contribution in [2.24, 2.45) is 0 Å². The average Bonchev–Trinajstić information content (AvgIpc) is 3.38. The summed E-state index contributed by atoms with van der Waals surface area (Å²) in [5.41, 5.74) is 2.12. The summed E-state index contributed by atoms with van der Waals surface area (Å²) in [6, 6.07) is 13.0. The minimum Gasteiger partial charge on any atom is -0.465 e. The molecule has 1 aliphatic carbocycles. The van der Waals surface area contributed by atoms with Gasteiger partial charge >= 0.3 is 5.97 Å². The number of benzene rings is 1. The first kappa shape index (κ1) is 15.0. The Balaban J connectivity index is 1.84. The van der Waals surface area contributed by atoms with Crippen molar-refractivity contribution in [3.05, 3.63) is 48.0 Å². The van der Waals surface area contributed by atoms with E-state index in [0.717, 1.165) is 24.0 Å². The first-order valence-electron chi connectivity index (χ1n) is 7.51. The van der Waals surface area contributed by atoms with Crippen LogP contribution in [0.3, 0.4) is 0 Å². The Morgan fingerprint density at radius 2 is 2.00 bits per heavy atom. The Morgan fingerprint density at radius 3 is 2.61 bits per heavy atom. The molecule has 0 unspecified atom stereocenters. The summed E-state index contributed by atoms with van der Waals surface area (Å²) in [5, 5.41) is 8.55. The SMILES string of the molecule is CCOC(=O)C1(c2ccc(-c3cccc(OC#N)n3)cc2)CC1. The van der Waals surface area contributed by atoms with E-state index < -0.39 is 5.41 Å². The van der Waals surface area contributed by atoms with E-state index in [1.807, 2.05) is 37.3 Å². The van der Waals surface area contributed by atoms with E-state index in [9.17, 15) is 4.79 Å². The van der Waals surface area contributed by atoms with Crippen LogP contribution in [-0.4, -0.2) is 17.6 Å². The van der Waals surface area contributed by atoms with Crippen molar-refractivity contribution >= 4 is 5.97 Å². The molecule has 23 heavy (non-hydrogen) atoms. The van der Waals surface area contributed by atoms with Crippen LogP contribution >= 0.6 is 0 Å². The molecule has 1 aromatic heterocycles. The van der Waals surface area contributed by atoms with E-state index in [1.54, 1.807) is 18.4 Å². The van der Waals surface area contributed by atoms with Gasteiger partial charge in [0.05, 0.1) is 17.7 Å². The van der Waals surface area contributed by atoms with E-state index >= 15 is 0 Å². The van der Waals surface area contributed by atoms with E-state index in [-0.39, 0.29) is 11.8 Å². The molecule has 5 nitrogen and oxygen atoms in total. The summed E-state index contributed by atoms with van der Waals surface area (Å²) in [5.74, 6) is 0.120. The third-order valence-corrected chi connectivity index (χ3v) is 4.02. The standard InChI is InChI=1S/C18H16N2O3/c1-2-22-17(21)18(10-11-18)14-8-6-13(7-9-14)15-4-3-5-16(20-15)23-12-19/h3-9H,2,10-11H2,1H3. The van der Waals surface area contributed by atoms with E-state index in [0.29, 0.717) is 12.3 Å². The van der Waals surface area contributed by atoms with Crippen LogP contribution in [0.1, 0.15) is 25.3 Å². The molecule has 1 fully saturated rings. The predicted octanol–water partition coefficient (Wildman–Crippen LogP) is 3.20. The van der Waals surface area contributed by atoms with Crippen molar-refractivity contribution in [3.63, 3.8) is 0 Å². The Morgan fingerprint density at radius 1 is 1.26 bits per heavy atom. The summed E-state index contributed by atoms with van der Waals surface area (Å²) in [6.07, 6.45) is 3.27. The highest BCUT2D eigenvalue weighted by Gasteiger charge is 2.52. The van der Waals surface area contributed by atoms with Gasteiger partial charge in [0.1, 0.15) is 0 Å². The molecule has 0 N–H and O–H groups in total. The van der Waals surface area contributed by atoms with Crippen LogP contribution in [-0.2, 0) is 14.9 Å². The highest BCUT2D eigenvalue weighted by Crippen LogP contribution is 2.49. The van der Waals surface area contributed by atoms with Crippen LogP contribution in [0, 0.1) is 11.5 Å². The normalized spacial score (nSPS) is 14.6. The van der Waals surface area contributed by atoms with Gasteiger partial charge in [-0.15, -0.1) is 5.26 Å². The average molecular weight is 308 g/mol. The summed E-state index contributed by atoms with van der Waals surface area (Å²) in [4.78, 5) is 16.4. The number of ether oxygens (including phenoxy) is 2. The van der Waals surface area contributed by atoms with Gasteiger partial charge in [0.15, 0.2) is 0 Å². The Bertz CT molecular complexity index is 759. The van der Waals surface area contributed by atoms with Gasteiger partial charge in [-0.25, -0.2) is 4.98 Å². The lowest BCUT2D eigenvalue weighted by atomic mass is 9.94. The lowest BCUT2D eigenvalue weighted by Crippen LogP contribution is -2.23. The minimum atomic E-state index is -0.465. The van der Waals surface area contributed by atoms with Crippen LogP contribution in [0.15, 0.2) is 42.5 Å². The summed E-state index contributed by atoms with van der Waals surface area (Å²) in [7, 11) is 0. The zero-order valence-corrected chi connectivity index (χ0v) is 12.8. The van der Waals surface area contributed by atoms with Gasteiger partial charge in [-0.05, 0) is 31.4 Å². The Kier molecular flexibility index (Phi) is 3.98. The lowest BCUT2D eigenvalue weighted by molar-refractivity contribution is -0.146. The third-order valence-electron chi connectivity index (χ3n) is 4.02. The number of esters is 1. The molecule has 1 aliphatic rings. The van der Waals surface area contributed by atoms with Crippen molar-refractivity contribution in [2.75, 3.05) is 6.61 Å². The molecule has 1 aromatic carbocycles. The molecule has 5 heteroatoms. The molecule has 0 amide bonds. The summed E-state index contributed by atoms with van der Waals surface area (Å²) in [6.45, 7) is 2.22. The zero-order valence-electron chi connectivity index (χ0n) is 12.8. The molecule has 1 heterocycles. The number of carbonyl (C=O) groups excluding carboxylic acids is 1. The molecule has 0 aliphatic heterocycles. The second-order valence-corrected chi connectivity index (χ2v) is 5.43. The van der Waals surface area contributed by atoms with Crippen LogP contribution in [0.5, 0.6) is 5.88 Å². The first-order valence-corrected chi connectivity index (χ1v) is 7.51. The van der Waals surface area contributed by atoms with Crippen LogP contribution in [0.2, 0.25) is 0 Å². The summed E-state index contributed by atoms with van der Waals surface area (Å²) >= 11 is 0. The molecular formula is C18H16N2O3. The second-order valence-electron chi connectivity index (χ2n) is 5.43. The van der Waals surface area contributed by atoms with Crippen molar-refractivity contribution in [1.82, 2.24) is 4.98 Å². The largest absolute Gasteiger partial charge is 0.465 e. The van der Waals surface area contributed by atoms with E-state index in [1.165, 1.54) is 0 Å². The van der Waals surface area contributed by atoms with Crippen molar-refractivity contribution in [2.45, 2.75) is 25.2 Å². The third kappa shape index (κ3) is 2.88. The molecular weight excluding hydrogens is 292 g/mol. The number of hydrogen-bond donors (Lipinski definition) is 0. The number of hydrogen-bond acceptors (Lipinski definition) is 5. The van der Waals surface area contributed by atoms with Crippen LogP contribution in [0.25, 0.3) is 11.3 Å². The van der Waals surface area contributed by atoms with Gasteiger partial charge in [0.25, 0.3) is 6.26 Å². The Labute approximate surface area is 134 Å². The smallest absolute Gasteiger partial charge is 0.316 e. The number of aromatic nitrogens is 1. The molecule has 0 bridgehead atoms. The predicted molar refractivity (Wildman–Crippen MR) is 83.5 cm³/mol. The van der Waals surface area contributed by atoms with E-state index in [4.69, 9.17) is 14.7 Å². The molecule has 1 saturated carbocycles. The molecule has 0 saturated heterocycles. The van der Waals surface area contributed by atoms with E-state index in [2.05, 4.69) is 4.98 Å². The molecule has 0 radical (unpaired) electrons. The van der Waals surface area contributed by atoms with Crippen LogP contribution in [0.4, 0.5) is 0 Å². The zero-order chi connectivity index (χ0) is 16.3. The Hall–Kier alpha value is -2.87. The lowest BCUT2D eigenvalue weighted by Gasteiger charge is -2.14. The van der Waals surface area contributed by atoms with Gasteiger partial charge in [-0.1, -0.05) is 30.3 Å². The quantitative estimate of drug-likeness (QED) is 0.626. The maximum absolute atomic E-state index is 12.1.